The van der Waals surface area contributed by atoms with Crippen molar-refractivity contribution in [3.05, 3.63) is 526 Å². The maximum absolute atomic E-state index is 14.8. The van der Waals surface area contributed by atoms with Crippen LogP contribution >= 0.6 is 0 Å². The Balaban J connectivity index is 0.628. The molecule has 4 nitrogen and oxygen atoms in total. The van der Waals surface area contributed by atoms with Gasteiger partial charge >= 0.3 is 0 Å². The normalized spacial score (nSPS) is 14.0. The largest absolute Gasteiger partial charge is 0.489 e. The molecule has 2 atom stereocenters. The minimum Gasteiger partial charge on any atom is -0.489 e. The van der Waals surface area contributed by atoms with Crippen LogP contribution in [0, 0.1) is 51.0 Å². The minimum atomic E-state index is -0.907. The van der Waals surface area contributed by atoms with E-state index in [-0.39, 0.29) is 0 Å². The van der Waals surface area contributed by atoms with Gasteiger partial charge in [-0.1, -0.05) is 303 Å². The van der Waals surface area contributed by atoms with Gasteiger partial charge in [0, 0.05) is 34.1 Å². The summed E-state index contributed by atoms with van der Waals surface area (Å²) in [5.41, 5.74) is 36.2. The molecule has 8 heteroatoms. The quantitative estimate of drug-likeness (QED) is 0.0596. The highest BCUT2D eigenvalue weighted by Crippen LogP contribution is 2.60. The Morgan fingerprint density at radius 1 is 0.250 bits per heavy atom. The highest BCUT2D eigenvalue weighted by Gasteiger charge is 2.49. The lowest BCUT2D eigenvalue weighted by molar-refractivity contribution is 0.306. The summed E-state index contributed by atoms with van der Waals surface area (Å²) >= 11 is 0. The molecule has 20 rings (SSSR count). The number of rotatable bonds is 23. The van der Waals surface area contributed by atoms with E-state index in [1.165, 1.54) is 90.0 Å². The van der Waals surface area contributed by atoms with E-state index in [1.807, 2.05) is 60.7 Å². The van der Waals surface area contributed by atoms with Gasteiger partial charge in [0.1, 0.15) is 24.7 Å². The van der Waals surface area contributed by atoms with E-state index < -0.39 is 34.1 Å². The lowest BCUT2D eigenvalue weighted by atomic mass is 9.66. The average Bonchev–Trinajstić information content (AvgIpc) is 1.54. The highest BCUT2D eigenvalue weighted by molar-refractivity contribution is 5.92. The second-order valence-electron chi connectivity index (χ2n) is 33.5. The Bertz CT molecular complexity index is 6820. The Morgan fingerprint density at radius 2 is 0.531 bits per heavy atom. The van der Waals surface area contributed by atoms with Crippen LogP contribution in [0.2, 0.25) is 0 Å². The molecule has 128 heavy (non-hydrogen) atoms. The third-order valence-electron chi connectivity index (χ3n) is 25.8. The zero-order valence-electron chi connectivity index (χ0n) is 71.3. The molecule has 18 aromatic rings. The van der Waals surface area contributed by atoms with Gasteiger partial charge in [0.05, 0.1) is 10.8 Å². The van der Waals surface area contributed by atoms with Crippen LogP contribution in [0.1, 0.15) is 89.0 Å². The summed E-state index contributed by atoms with van der Waals surface area (Å²) < 4.78 is 71.2. The number of anilines is 6. The number of ether oxygens (including phenoxy) is 2. The van der Waals surface area contributed by atoms with Crippen LogP contribution in [-0.2, 0) is 24.0 Å². The Labute approximate surface area is 745 Å². The summed E-state index contributed by atoms with van der Waals surface area (Å²) in [7, 11) is 0. The van der Waals surface area contributed by atoms with Gasteiger partial charge in [-0.15, -0.1) is 0 Å². The summed E-state index contributed by atoms with van der Waals surface area (Å²) in [6, 6.07) is 138. The molecule has 0 aromatic heterocycles. The van der Waals surface area contributed by atoms with Crippen molar-refractivity contribution in [2.75, 3.05) is 9.80 Å². The topological polar surface area (TPSA) is 24.9 Å². The molecule has 0 fully saturated rings. The van der Waals surface area contributed by atoms with Crippen LogP contribution in [0.5, 0.6) is 11.5 Å². The zero-order chi connectivity index (χ0) is 87.3. The molecule has 618 valence electrons. The number of hydrogen-bond acceptors (Lipinski definition) is 4. The summed E-state index contributed by atoms with van der Waals surface area (Å²) in [6.45, 7) is 17.5. The van der Waals surface area contributed by atoms with Gasteiger partial charge in [-0.05, 0) is 317 Å². The van der Waals surface area contributed by atoms with E-state index in [9.17, 15) is 17.6 Å². The number of fused-ring (bicyclic) bond motifs is 6. The lowest BCUT2D eigenvalue weighted by Crippen LogP contribution is -2.29. The molecule has 0 heterocycles. The monoisotopic (exact) mass is 1660 g/mol. The summed E-state index contributed by atoms with van der Waals surface area (Å²) in [4.78, 5) is 4.44. The van der Waals surface area contributed by atoms with E-state index in [1.54, 1.807) is 12.1 Å². The Kier molecular flexibility index (Phi) is 21.3. The van der Waals surface area contributed by atoms with E-state index in [0.717, 1.165) is 136 Å². The summed E-state index contributed by atoms with van der Waals surface area (Å²) in [5, 5.41) is 0. The first-order chi connectivity index (χ1) is 62.6. The number of nitrogens with zero attached hydrogens (tertiary/aromatic N) is 2. The van der Waals surface area contributed by atoms with Crippen LogP contribution in [0.15, 0.2) is 414 Å². The molecule has 2 unspecified atom stereocenters. The molecule has 0 radical (unpaired) electrons. The molecule has 0 amide bonds. The second-order valence-corrected chi connectivity index (χ2v) is 33.5. The Hall–Kier alpha value is -15.6. The van der Waals surface area contributed by atoms with Crippen molar-refractivity contribution < 1.29 is 27.0 Å². The fraction of sp³-hybridized carbons (Fsp3) is 0.0667. The summed E-state index contributed by atoms with van der Waals surface area (Å²) in [5.74, 6) is -2.04. The summed E-state index contributed by atoms with van der Waals surface area (Å²) in [6.07, 6.45) is 3.69. The van der Waals surface area contributed by atoms with E-state index in [4.69, 9.17) is 9.47 Å². The predicted octanol–water partition coefficient (Wildman–Crippen LogP) is 31.9. The number of benzene rings is 18. The highest BCUT2D eigenvalue weighted by atomic mass is 19.2. The first-order valence-electron chi connectivity index (χ1n) is 43.2. The maximum atomic E-state index is 14.8. The van der Waals surface area contributed by atoms with Crippen LogP contribution in [0.3, 0.4) is 0 Å². The third kappa shape index (κ3) is 14.8. The van der Waals surface area contributed by atoms with Crippen LogP contribution in [0.25, 0.3) is 90.0 Å². The molecule has 0 aliphatic heterocycles. The molecule has 0 N–H and O–H groups in total. The molecule has 2 aliphatic rings. The fourth-order valence-corrected chi connectivity index (χ4v) is 19.2. The Morgan fingerprint density at radius 3 is 0.844 bits per heavy atom. The molecule has 0 spiro atoms. The lowest BCUT2D eigenvalue weighted by Gasteiger charge is -2.35. The van der Waals surface area contributed by atoms with Crippen LogP contribution in [-0.4, -0.2) is 0 Å². The smallest absolute Gasteiger partial charge is 0.159 e. The van der Waals surface area contributed by atoms with Crippen molar-refractivity contribution in [1.29, 1.82) is 0 Å². The van der Waals surface area contributed by atoms with Gasteiger partial charge in [0.2, 0.25) is 0 Å². The van der Waals surface area contributed by atoms with E-state index in [0.29, 0.717) is 24.3 Å². The first kappa shape index (κ1) is 80.8. The van der Waals surface area contributed by atoms with Gasteiger partial charge in [0.25, 0.3) is 0 Å². The predicted molar refractivity (Wildman–Crippen MR) is 518 cm³/mol. The minimum absolute atomic E-state index is 0.436. The zero-order valence-corrected chi connectivity index (χ0v) is 71.3. The molecular formula is C120H88F4N2O2. The van der Waals surface area contributed by atoms with Crippen molar-refractivity contribution in [2.24, 2.45) is 0 Å². The van der Waals surface area contributed by atoms with E-state index >= 15 is 0 Å². The van der Waals surface area contributed by atoms with Gasteiger partial charge in [-0.2, -0.15) is 0 Å². The fourth-order valence-electron chi connectivity index (χ4n) is 19.2. The molecule has 0 bridgehead atoms. The maximum Gasteiger partial charge on any atom is 0.159 e. The van der Waals surface area contributed by atoms with E-state index in [2.05, 4.69) is 366 Å². The van der Waals surface area contributed by atoms with Crippen LogP contribution < -0.4 is 19.3 Å². The number of halogens is 4. The molecular weight excluding hydrogens is 1580 g/mol. The van der Waals surface area contributed by atoms with Crippen molar-refractivity contribution in [3.8, 4) is 89.4 Å². The molecule has 0 saturated carbocycles. The SMILES string of the molecule is C=Cc1ccc(COc2ccc(C3(c4cc(C)ccc4C)c4ccccc4-c4ccc(-c5ccc(N(c6ccc(-c7ccc(N(c8ccc(-c9ccc(F)c(F)c9)cc8)c8ccc(-c9ccc%10c(c9)C(c9ccc(OCc%11ccc(C=C)cc%11)cc9)(c9cc(C)ccc9C)c9ccccc9-%10)cc8)cc7)cc6)c6ccc(-c7ccc(F)c(F)c7)cc6)cc5)cc43)cc2)cc1. The molecule has 18 aromatic carbocycles. The second kappa shape index (κ2) is 33.8. The third-order valence-corrected chi connectivity index (χ3v) is 25.8. The van der Waals surface area contributed by atoms with Crippen LogP contribution in [0.4, 0.5) is 51.7 Å². The first-order valence-corrected chi connectivity index (χ1v) is 43.2. The number of hydrogen-bond donors (Lipinski definition) is 0. The standard InChI is InChI=1S/C120H88F4N2O2/c1-7-81-21-25-83(26-22-81)75-127-103-61-45-95(46-62-103)119(111-69-77(3)17-19-79(111)5)109-15-11-9-13-105(109)107-65-41-91(71-113(107)119)87-33-53-99(54-34-87)125(101-57-37-89(38-58-101)93-43-67-115(121)117(123)73-93)97-49-29-85(30-50-97)86-31-51-98(52-32-86)126(102-59-39-90(40-60-102)94-44-68-116(122)118(124)74-94)100-55-35-88(36-56-100)92-42-66-108-106-14-10-12-16-110(106)120(114(108)72-92,112-70-78(4)18-20-80(112)6)96-47-63-104(64-48-96)128-76-84-27-23-82(8-2)24-28-84/h7-74H,1-2,75-76H2,3-6H3. The van der Waals surface area contributed by atoms with Gasteiger partial charge in [0.15, 0.2) is 23.3 Å². The number of aryl methyl sites for hydroxylation is 4. The van der Waals surface area contributed by atoms with Gasteiger partial charge in [-0.25, -0.2) is 17.6 Å². The van der Waals surface area contributed by atoms with Crippen molar-refractivity contribution >= 4 is 46.3 Å². The van der Waals surface area contributed by atoms with Gasteiger partial charge in [-0.3, -0.25) is 0 Å². The van der Waals surface area contributed by atoms with Crippen molar-refractivity contribution in [3.63, 3.8) is 0 Å². The molecule has 0 saturated heterocycles. The molecule has 2 aliphatic carbocycles. The van der Waals surface area contributed by atoms with Crippen molar-refractivity contribution in [1.82, 2.24) is 0 Å². The van der Waals surface area contributed by atoms with Gasteiger partial charge < -0.3 is 19.3 Å². The average molecular weight is 1670 g/mol. The van der Waals surface area contributed by atoms with Crippen molar-refractivity contribution in [2.45, 2.75) is 51.7 Å².